The third-order valence-electron chi connectivity index (χ3n) is 3.16. The molecule has 2 aromatic heterocycles. The first-order valence-corrected chi connectivity index (χ1v) is 6.63. The number of carbonyl (C=O) groups is 1. The van der Waals surface area contributed by atoms with Gasteiger partial charge in [-0.2, -0.15) is 0 Å². The molecule has 3 aromatic rings. The van der Waals surface area contributed by atoms with Gasteiger partial charge in [-0.15, -0.1) is 10.2 Å². The highest BCUT2D eigenvalue weighted by Gasteiger charge is 2.10. The summed E-state index contributed by atoms with van der Waals surface area (Å²) in [7, 11) is 3.98. The Morgan fingerprint density at radius 1 is 1.18 bits per heavy atom. The maximum atomic E-state index is 10.6. The molecule has 0 aliphatic carbocycles. The minimum Gasteiger partial charge on any atom is -0.378 e. The summed E-state index contributed by atoms with van der Waals surface area (Å²) in [5.74, 6) is 0.907. The second kappa shape index (κ2) is 5.68. The minimum atomic E-state index is 0.346. The van der Waals surface area contributed by atoms with Crippen LogP contribution >= 0.6 is 0 Å². The van der Waals surface area contributed by atoms with Crippen molar-refractivity contribution in [3.05, 3.63) is 36.7 Å². The lowest BCUT2D eigenvalue weighted by Gasteiger charge is -2.13. The monoisotopic (exact) mass is 297 g/mol. The number of fused-ring (bicyclic) bond motifs is 1. The van der Waals surface area contributed by atoms with E-state index in [2.05, 4.69) is 25.8 Å². The average Bonchev–Trinajstić information content (AvgIpc) is 2.93. The lowest BCUT2D eigenvalue weighted by atomic mass is 10.2. The molecule has 8 nitrogen and oxygen atoms in total. The van der Waals surface area contributed by atoms with Gasteiger partial charge >= 0.3 is 0 Å². The summed E-state index contributed by atoms with van der Waals surface area (Å²) in [6, 6.07) is 7.93. The summed E-state index contributed by atoms with van der Waals surface area (Å²) >= 11 is 0. The van der Waals surface area contributed by atoms with E-state index in [0.29, 0.717) is 23.8 Å². The molecular weight excluding hydrogens is 282 g/mol. The molecule has 0 saturated carbocycles. The fraction of sp³-hybridized carbons (Fsp3) is 0.143. The summed E-state index contributed by atoms with van der Waals surface area (Å²) in [5.41, 5.74) is 2.53. The molecule has 0 atom stereocenters. The van der Waals surface area contributed by atoms with Crippen molar-refractivity contribution in [3.63, 3.8) is 0 Å². The summed E-state index contributed by atoms with van der Waals surface area (Å²) < 4.78 is 1.65. The van der Waals surface area contributed by atoms with Crippen molar-refractivity contribution in [2.45, 2.75) is 0 Å². The summed E-state index contributed by atoms with van der Waals surface area (Å²) in [4.78, 5) is 16.8. The van der Waals surface area contributed by atoms with Gasteiger partial charge in [-0.1, -0.05) is 0 Å². The number of hydrogen-bond donors (Lipinski definition) is 2. The van der Waals surface area contributed by atoms with Crippen molar-refractivity contribution >= 4 is 35.2 Å². The van der Waals surface area contributed by atoms with E-state index < -0.39 is 0 Å². The van der Waals surface area contributed by atoms with E-state index in [1.807, 2.05) is 43.3 Å². The Balaban J connectivity index is 1.92. The molecule has 0 aliphatic heterocycles. The normalized spacial score (nSPS) is 10.5. The van der Waals surface area contributed by atoms with Crippen LogP contribution in [-0.4, -0.2) is 40.1 Å². The van der Waals surface area contributed by atoms with Crippen molar-refractivity contribution in [3.8, 4) is 0 Å². The average molecular weight is 297 g/mol. The van der Waals surface area contributed by atoms with Gasteiger partial charge in [-0.05, 0) is 24.3 Å². The van der Waals surface area contributed by atoms with Gasteiger partial charge in [-0.3, -0.25) is 14.5 Å². The van der Waals surface area contributed by atoms with Crippen LogP contribution in [0.2, 0.25) is 0 Å². The predicted octanol–water partition coefficient (Wildman–Crippen LogP) is 1.50. The molecule has 112 valence electrons. The second-order valence-corrected chi connectivity index (χ2v) is 4.82. The third kappa shape index (κ3) is 2.53. The number of amides is 1. The van der Waals surface area contributed by atoms with E-state index in [9.17, 15) is 4.79 Å². The maximum Gasteiger partial charge on any atom is 0.235 e. The SMILES string of the molecule is CN(C)c1ccc(Nc2nccn3c(NC=O)nnc23)cc1. The molecular formula is C14H15N7O. The Hall–Kier alpha value is -3.16. The van der Waals surface area contributed by atoms with E-state index in [1.54, 1.807) is 16.8 Å². The molecule has 0 fully saturated rings. The van der Waals surface area contributed by atoms with Crippen LogP contribution < -0.4 is 15.5 Å². The van der Waals surface area contributed by atoms with Crippen molar-refractivity contribution < 1.29 is 4.79 Å². The fourth-order valence-electron chi connectivity index (χ4n) is 2.05. The van der Waals surface area contributed by atoms with Gasteiger partial charge in [0.25, 0.3) is 0 Å². The number of hydrogen-bond acceptors (Lipinski definition) is 6. The molecule has 2 N–H and O–H groups in total. The van der Waals surface area contributed by atoms with Crippen LogP contribution in [0.5, 0.6) is 0 Å². The van der Waals surface area contributed by atoms with Crippen molar-refractivity contribution in [1.29, 1.82) is 0 Å². The Morgan fingerprint density at radius 3 is 2.64 bits per heavy atom. The lowest BCUT2D eigenvalue weighted by Crippen LogP contribution is -2.08. The first-order chi connectivity index (χ1) is 10.7. The number of rotatable bonds is 5. The molecule has 0 aliphatic rings. The van der Waals surface area contributed by atoms with E-state index in [4.69, 9.17) is 0 Å². The maximum absolute atomic E-state index is 10.6. The Labute approximate surface area is 126 Å². The van der Waals surface area contributed by atoms with Crippen LogP contribution in [0.15, 0.2) is 36.7 Å². The number of benzene rings is 1. The first-order valence-electron chi connectivity index (χ1n) is 6.63. The largest absolute Gasteiger partial charge is 0.378 e. The third-order valence-corrected chi connectivity index (χ3v) is 3.16. The molecule has 1 amide bonds. The summed E-state index contributed by atoms with van der Waals surface area (Å²) in [6.07, 6.45) is 3.86. The summed E-state index contributed by atoms with van der Waals surface area (Å²) in [5, 5.41) is 13.6. The molecule has 0 radical (unpaired) electrons. The first kappa shape index (κ1) is 13.8. The molecule has 0 spiro atoms. The van der Waals surface area contributed by atoms with Crippen molar-refractivity contribution in [2.75, 3.05) is 29.6 Å². The molecule has 0 unspecified atom stereocenters. The number of carbonyl (C=O) groups excluding carboxylic acids is 1. The number of nitrogens with zero attached hydrogens (tertiary/aromatic N) is 5. The van der Waals surface area contributed by atoms with Crippen molar-refractivity contribution in [1.82, 2.24) is 19.6 Å². The molecule has 3 rings (SSSR count). The number of nitrogens with one attached hydrogen (secondary N) is 2. The molecule has 0 saturated heterocycles. The topological polar surface area (TPSA) is 87.5 Å². The fourth-order valence-corrected chi connectivity index (χ4v) is 2.05. The van der Waals surface area contributed by atoms with Crippen LogP contribution in [0.25, 0.3) is 5.65 Å². The van der Waals surface area contributed by atoms with Gasteiger partial charge in [0.05, 0.1) is 0 Å². The predicted molar refractivity (Wildman–Crippen MR) is 84.5 cm³/mol. The zero-order valence-corrected chi connectivity index (χ0v) is 12.2. The molecule has 2 heterocycles. The van der Waals surface area contributed by atoms with Crippen molar-refractivity contribution in [2.24, 2.45) is 0 Å². The Kier molecular flexibility index (Phi) is 3.57. The highest BCUT2D eigenvalue weighted by molar-refractivity contribution is 5.74. The second-order valence-electron chi connectivity index (χ2n) is 4.82. The summed E-state index contributed by atoms with van der Waals surface area (Å²) in [6.45, 7) is 0. The number of anilines is 4. The van der Waals surface area contributed by atoms with Gasteiger partial charge in [0.1, 0.15) is 0 Å². The highest BCUT2D eigenvalue weighted by Crippen LogP contribution is 2.22. The van der Waals surface area contributed by atoms with Gasteiger partial charge in [0.15, 0.2) is 5.82 Å². The molecule has 22 heavy (non-hydrogen) atoms. The van der Waals surface area contributed by atoms with Gasteiger partial charge in [0, 0.05) is 37.9 Å². The zero-order valence-electron chi connectivity index (χ0n) is 12.2. The van der Waals surface area contributed by atoms with E-state index in [0.717, 1.165) is 11.4 Å². The Morgan fingerprint density at radius 2 is 1.95 bits per heavy atom. The molecule has 0 bridgehead atoms. The van der Waals surface area contributed by atoms with Crippen LogP contribution in [0.1, 0.15) is 0 Å². The van der Waals surface area contributed by atoms with Crippen LogP contribution in [-0.2, 0) is 4.79 Å². The van der Waals surface area contributed by atoms with E-state index >= 15 is 0 Å². The van der Waals surface area contributed by atoms with Crippen LogP contribution in [0.3, 0.4) is 0 Å². The highest BCUT2D eigenvalue weighted by atomic mass is 16.1. The smallest absolute Gasteiger partial charge is 0.235 e. The Bertz CT molecular complexity index is 795. The lowest BCUT2D eigenvalue weighted by molar-refractivity contribution is -0.105. The van der Waals surface area contributed by atoms with E-state index in [-0.39, 0.29) is 0 Å². The number of aromatic nitrogens is 4. The minimum absolute atomic E-state index is 0.346. The molecule has 8 heteroatoms. The quantitative estimate of drug-likeness (QED) is 0.694. The standard InChI is InChI=1S/C14H15N7O/c1-20(2)11-5-3-10(4-6-11)17-12-13-18-19-14(16-9-22)21(13)8-7-15-12/h3-9H,1-2H3,(H,15,17)(H,16,19,22). The van der Waals surface area contributed by atoms with Gasteiger partial charge in [0.2, 0.25) is 18.0 Å². The van der Waals surface area contributed by atoms with Gasteiger partial charge < -0.3 is 10.2 Å². The van der Waals surface area contributed by atoms with Gasteiger partial charge in [-0.25, -0.2) is 4.98 Å². The molecule has 1 aromatic carbocycles. The van der Waals surface area contributed by atoms with Crippen LogP contribution in [0, 0.1) is 0 Å². The zero-order chi connectivity index (χ0) is 15.5. The van der Waals surface area contributed by atoms with Crippen LogP contribution in [0.4, 0.5) is 23.1 Å². The van der Waals surface area contributed by atoms with E-state index in [1.165, 1.54) is 0 Å².